The molecule has 0 unspecified atom stereocenters. The molecular weight excluding hydrogens is 309 g/mol. The molecule has 1 aromatic carbocycles. The highest BCUT2D eigenvalue weighted by Crippen LogP contribution is 2.29. The van der Waals surface area contributed by atoms with Crippen molar-refractivity contribution in [3.05, 3.63) is 40.2 Å². The standard InChI is InChI=1S/C11H7BrFNO2S/c1-16-11(15)9-5-10(17-14-9)7-4-6(12)2-3-8(7)13/h2-5H,1H3. The third-order valence-electron chi connectivity index (χ3n) is 2.10. The van der Waals surface area contributed by atoms with Gasteiger partial charge in [0.25, 0.3) is 0 Å². The number of ether oxygens (including phenoxy) is 1. The maximum absolute atomic E-state index is 13.6. The quantitative estimate of drug-likeness (QED) is 0.796. The van der Waals surface area contributed by atoms with E-state index in [1.165, 1.54) is 19.2 Å². The molecule has 0 spiro atoms. The molecule has 0 atom stereocenters. The average molecular weight is 316 g/mol. The summed E-state index contributed by atoms with van der Waals surface area (Å²) in [6, 6.07) is 6.13. The van der Waals surface area contributed by atoms with Gasteiger partial charge >= 0.3 is 5.97 Å². The fraction of sp³-hybridized carbons (Fsp3) is 0.0909. The van der Waals surface area contributed by atoms with Gasteiger partial charge in [-0.25, -0.2) is 9.18 Å². The first-order valence-corrected chi connectivity index (χ1v) is 6.19. The molecule has 0 fully saturated rings. The normalized spacial score (nSPS) is 10.3. The predicted molar refractivity (Wildman–Crippen MR) is 66.5 cm³/mol. The van der Waals surface area contributed by atoms with E-state index in [4.69, 9.17) is 0 Å². The molecule has 0 bridgehead atoms. The van der Waals surface area contributed by atoms with E-state index in [9.17, 15) is 9.18 Å². The van der Waals surface area contributed by atoms with E-state index in [2.05, 4.69) is 25.0 Å². The molecule has 17 heavy (non-hydrogen) atoms. The van der Waals surface area contributed by atoms with E-state index < -0.39 is 5.97 Å². The molecule has 0 amide bonds. The van der Waals surface area contributed by atoms with E-state index in [1.807, 2.05) is 0 Å². The van der Waals surface area contributed by atoms with Crippen molar-refractivity contribution in [2.45, 2.75) is 0 Å². The third-order valence-corrected chi connectivity index (χ3v) is 3.41. The zero-order chi connectivity index (χ0) is 12.4. The summed E-state index contributed by atoms with van der Waals surface area (Å²) in [5, 5.41) is 0. The van der Waals surface area contributed by atoms with Gasteiger partial charge in [-0.15, -0.1) is 0 Å². The van der Waals surface area contributed by atoms with Crippen LogP contribution in [0.25, 0.3) is 10.4 Å². The Balaban J connectivity index is 2.43. The summed E-state index contributed by atoms with van der Waals surface area (Å²) in [5.74, 6) is -0.879. The molecule has 0 N–H and O–H groups in total. The fourth-order valence-electron chi connectivity index (χ4n) is 1.29. The highest BCUT2D eigenvalue weighted by molar-refractivity contribution is 9.10. The van der Waals surface area contributed by atoms with Crippen molar-refractivity contribution in [2.75, 3.05) is 7.11 Å². The van der Waals surface area contributed by atoms with Crippen molar-refractivity contribution in [3.63, 3.8) is 0 Å². The Morgan fingerprint density at radius 1 is 1.47 bits per heavy atom. The van der Waals surface area contributed by atoms with Gasteiger partial charge in [-0.2, -0.15) is 4.37 Å². The largest absolute Gasteiger partial charge is 0.464 e. The summed E-state index contributed by atoms with van der Waals surface area (Å²) in [4.78, 5) is 11.8. The minimum Gasteiger partial charge on any atom is -0.464 e. The van der Waals surface area contributed by atoms with Crippen LogP contribution in [-0.2, 0) is 4.74 Å². The summed E-state index contributed by atoms with van der Waals surface area (Å²) in [5.41, 5.74) is 0.596. The molecule has 1 aromatic heterocycles. The average Bonchev–Trinajstić information content (AvgIpc) is 2.80. The van der Waals surface area contributed by atoms with Crippen molar-refractivity contribution in [1.29, 1.82) is 0 Å². The van der Waals surface area contributed by atoms with Crippen LogP contribution < -0.4 is 0 Å². The number of methoxy groups -OCH3 is 1. The summed E-state index contributed by atoms with van der Waals surface area (Å²) in [7, 11) is 1.28. The molecule has 0 aliphatic carbocycles. The predicted octanol–water partition coefficient (Wildman–Crippen LogP) is 3.50. The van der Waals surface area contributed by atoms with Crippen LogP contribution in [0.3, 0.4) is 0 Å². The number of aromatic nitrogens is 1. The molecule has 3 nitrogen and oxygen atoms in total. The van der Waals surface area contributed by atoms with Gasteiger partial charge in [0.15, 0.2) is 5.69 Å². The number of esters is 1. The Morgan fingerprint density at radius 3 is 2.94 bits per heavy atom. The second-order valence-corrected chi connectivity index (χ2v) is 4.91. The number of halogens is 2. The number of hydrogen-bond donors (Lipinski definition) is 0. The van der Waals surface area contributed by atoms with E-state index in [1.54, 1.807) is 12.1 Å². The second kappa shape index (κ2) is 4.93. The second-order valence-electron chi connectivity index (χ2n) is 3.19. The Hall–Kier alpha value is -1.27. The highest BCUT2D eigenvalue weighted by Gasteiger charge is 2.14. The van der Waals surface area contributed by atoms with Crippen LogP contribution in [0.2, 0.25) is 0 Å². The SMILES string of the molecule is COC(=O)c1cc(-c2cc(Br)ccc2F)sn1. The summed E-state index contributed by atoms with van der Waals surface area (Å²) in [6.07, 6.45) is 0. The monoisotopic (exact) mass is 315 g/mol. The van der Waals surface area contributed by atoms with Crippen molar-refractivity contribution >= 4 is 33.4 Å². The number of nitrogens with zero attached hydrogens (tertiary/aromatic N) is 1. The lowest BCUT2D eigenvalue weighted by atomic mass is 10.1. The molecule has 2 aromatic rings. The zero-order valence-corrected chi connectivity index (χ0v) is 11.1. The molecule has 6 heteroatoms. The Labute approximate surface area is 110 Å². The summed E-state index contributed by atoms with van der Waals surface area (Å²) >= 11 is 4.33. The first kappa shape index (κ1) is 12.2. The van der Waals surface area contributed by atoms with Crippen molar-refractivity contribution < 1.29 is 13.9 Å². The van der Waals surface area contributed by atoms with Crippen molar-refractivity contribution in [3.8, 4) is 10.4 Å². The number of carbonyl (C=O) groups excluding carboxylic acids is 1. The van der Waals surface area contributed by atoms with Crippen LogP contribution >= 0.6 is 27.5 Å². The minimum absolute atomic E-state index is 0.187. The van der Waals surface area contributed by atoms with Crippen molar-refractivity contribution in [1.82, 2.24) is 4.37 Å². The number of rotatable bonds is 2. The molecular formula is C11H7BrFNO2S. The van der Waals surface area contributed by atoms with Crippen LogP contribution in [0.15, 0.2) is 28.7 Å². The molecule has 2 rings (SSSR count). The van der Waals surface area contributed by atoms with Crippen LogP contribution in [-0.4, -0.2) is 17.5 Å². The molecule has 1 heterocycles. The third kappa shape index (κ3) is 2.53. The van der Waals surface area contributed by atoms with Crippen LogP contribution in [0.4, 0.5) is 4.39 Å². The lowest BCUT2D eigenvalue weighted by Crippen LogP contribution is -2.00. The van der Waals surface area contributed by atoms with Gasteiger partial charge in [0.1, 0.15) is 5.82 Å². The summed E-state index contributed by atoms with van der Waals surface area (Å²) in [6.45, 7) is 0. The first-order valence-electron chi connectivity index (χ1n) is 4.62. The number of benzene rings is 1. The molecule has 0 aliphatic heterocycles. The first-order chi connectivity index (χ1) is 8.11. The maximum atomic E-state index is 13.6. The molecule has 0 radical (unpaired) electrons. The Kier molecular flexibility index (Phi) is 3.54. The van der Waals surface area contributed by atoms with Crippen LogP contribution in [0, 0.1) is 5.82 Å². The Bertz CT molecular complexity index is 570. The van der Waals surface area contributed by atoms with Gasteiger partial charge in [0.2, 0.25) is 0 Å². The number of carbonyl (C=O) groups is 1. The van der Waals surface area contributed by atoms with Gasteiger partial charge in [-0.3, -0.25) is 0 Å². The van der Waals surface area contributed by atoms with E-state index in [0.29, 0.717) is 10.4 Å². The van der Waals surface area contributed by atoms with Gasteiger partial charge in [0, 0.05) is 10.0 Å². The molecule has 0 aliphatic rings. The van der Waals surface area contributed by atoms with Gasteiger partial charge in [0.05, 0.1) is 12.0 Å². The molecule has 88 valence electrons. The van der Waals surface area contributed by atoms with E-state index >= 15 is 0 Å². The van der Waals surface area contributed by atoms with Crippen LogP contribution in [0.5, 0.6) is 0 Å². The minimum atomic E-state index is -0.525. The molecule has 0 saturated heterocycles. The van der Waals surface area contributed by atoms with Gasteiger partial charge in [-0.1, -0.05) is 15.9 Å². The van der Waals surface area contributed by atoms with E-state index in [0.717, 1.165) is 16.0 Å². The Morgan fingerprint density at radius 2 is 2.24 bits per heavy atom. The smallest absolute Gasteiger partial charge is 0.357 e. The maximum Gasteiger partial charge on any atom is 0.357 e. The van der Waals surface area contributed by atoms with Crippen LogP contribution in [0.1, 0.15) is 10.5 Å². The lowest BCUT2D eigenvalue weighted by Gasteiger charge is -1.99. The summed E-state index contributed by atoms with van der Waals surface area (Å²) < 4.78 is 22.8. The van der Waals surface area contributed by atoms with Gasteiger partial charge < -0.3 is 4.74 Å². The molecule has 0 saturated carbocycles. The van der Waals surface area contributed by atoms with Crippen molar-refractivity contribution in [2.24, 2.45) is 0 Å². The van der Waals surface area contributed by atoms with Gasteiger partial charge in [-0.05, 0) is 35.8 Å². The highest BCUT2D eigenvalue weighted by atomic mass is 79.9. The zero-order valence-electron chi connectivity index (χ0n) is 8.74. The lowest BCUT2D eigenvalue weighted by molar-refractivity contribution is 0.0595. The fourth-order valence-corrected chi connectivity index (χ4v) is 2.39. The topological polar surface area (TPSA) is 39.2 Å². The van der Waals surface area contributed by atoms with E-state index in [-0.39, 0.29) is 11.5 Å². The number of hydrogen-bond acceptors (Lipinski definition) is 4.